The van der Waals surface area contributed by atoms with Gasteiger partial charge in [-0.1, -0.05) is 31.5 Å². The van der Waals surface area contributed by atoms with Gasteiger partial charge in [-0.25, -0.2) is 4.79 Å². The molecule has 0 spiro atoms. The Balaban J connectivity index is 2.81. The van der Waals surface area contributed by atoms with Gasteiger partial charge in [-0.05, 0) is 38.0 Å². The molecule has 0 heterocycles. The molecular formula is C13H17ClO2. The molecule has 0 aliphatic heterocycles. The van der Waals surface area contributed by atoms with E-state index in [2.05, 4.69) is 0 Å². The molecule has 0 aliphatic carbocycles. The monoisotopic (exact) mass is 240 g/mol. The predicted octanol–water partition coefficient (Wildman–Crippen LogP) is 3.93. The summed E-state index contributed by atoms with van der Waals surface area (Å²) in [5.41, 5.74) is 0.0144. The number of ether oxygens (including phenoxy) is 1. The van der Waals surface area contributed by atoms with Crippen molar-refractivity contribution in [2.75, 3.05) is 0 Å². The lowest BCUT2D eigenvalue weighted by Gasteiger charge is -2.29. The van der Waals surface area contributed by atoms with Crippen molar-refractivity contribution in [2.24, 2.45) is 5.92 Å². The number of benzene rings is 1. The van der Waals surface area contributed by atoms with E-state index < -0.39 is 5.60 Å². The normalized spacial score (nSPS) is 11.6. The van der Waals surface area contributed by atoms with Crippen molar-refractivity contribution in [3.8, 4) is 0 Å². The molecule has 0 unspecified atom stereocenters. The van der Waals surface area contributed by atoms with Gasteiger partial charge in [-0.15, -0.1) is 0 Å². The molecule has 0 radical (unpaired) electrons. The number of rotatable bonds is 3. The molecule has 0 aromatic heterocycles. The second-order valence-corrected chi connectivity index (χ2v) is 5.09. The fourth-order valence-electron chi connectivity index (χ4n) is 1.03. The third-order valence-electron chi connectivity index (χ3n) is 2.81. The third-order valence-corrected chi connectivity index (χ3v) is 3.04. The Morgan fingerprint density at radius 2 is 2.00 bits per heavy atom. The quantitative estimate of drug-likeness (QED) is 0.749. The number of esters is 1. The lowest BCUT2D eigenvalue weighted by atomic mass is 9.94. The Morgan fingerprint density at radius 3 is 2.50 bits per heavy atom. The van der Waals surface area contributed by atoms with Gasteiger partial charge in [-0.3, -0.25) is 0 Å². The van der Waals surface area contributed by atoms with Crippen LogP contribution in [0.4, 0.5) is 0 Å². The molecule has 0 atom stereocenters. The summed E-state index contributed by atoms with van der Waals surface area (Å²) in [5, 5.41) is 0.539. The van der Waals surface area contributed by atoms with Gasteiger partial charge in [0.2, 0.25) is 0 Å². The van der Waals surface area contributed by atoms with E-state index in [-0.39, 0.29) is 11.9 Å². The molecule has 88 valence electrons. The van der Waals surface area contributed by atoms with Crippen LogP contribution in [0, 0.1) is 5.92 Å². The highest BCUT2D eigenvalue weighted by Gasteiger charge is 2.27. The molecule has 3 heteroatoms. The van der Waals surface area contributed by atoms with Crippen LogP contribution in [0.15, 0.2) is 24.3 Å². The van der Waals surface area contributed by atoms with Crippen LogP contribution in [0.5, 0.6) is 0 Å². The lowest BCUT2D eigenvalue weighted by Crippen LogP contribution is -2.33. The molecule has 2 nitrogen and oxygen atoms in total. The largest absolute Gasteiger partial charge is 0.456 e. The van der Waals surface area contributed by atoms with Crippen molar-refractivity contribution in [1.29, 1.82) is 0 Å². The first-order valence-electron chi connectivity index (χ1n) is 5.32. The highest BCUT2D eigenvalue weighted by molar-refractivity contribution is 6.30. The van der Waals surface area contributed by atoms with E-state index in [4.69, 9.17) is 16.3 Å². The van der Waals surface area contributed by atoms with Crippen molar-refractivity contribution >= 4 is 17.6 Å². The summed E-state index contributed by atoms with van der Waals surface area (Å²) < 4.78 is 5.44. The fourth-order valence-corrected chi connectivity index (χ4v) is 1.22. The van der Waals surface area contributed by atoms with E-state index in [0.717, 1.165) is 0 Å². The van der Waals surface area contributed by atoms with Gasteiger partial charge >= 0.3 is 5.97 Å². The highest BCUT2D eigenvalue weighted by Crippen LogP contribution is 2.22. The molecule has 1 rings (SSSR count). The molecule has 1 aromatic rings. The van der Waals surface area contributed by atoms with Crippen LogP contribution in [0.3, 0.4) is 0 Å². The van der Waals surface area contributed by atoms with Gasteiger partial charge in [0.1, 0.15) is 5.60 Å². The van der Waals surface area contributed by atoms with E-state index >= 15 is 0 Å². The smallest absolute Gasteiger partial charge is 0.338 e. The van der Waals surface area contributed by atoms with Crippen LogP contribution in [0.1, 0.15) is 38.1 Å². The summed E-state index contributed by atoms with van der Waals surface area (Å²) in [7, 11) is 0. The molecule has 0 fully saturated rings. The topological polar surface area (TPSA) is 26.3 Å². The Hall–Kier alpha value is -1.02. The van der Waals surface area contributed by atoms with E-state index in [9.17, 15) is 4.79 Å². The molecule has 0 amide bonds. The summed E-state index contributed by atoms with van der Waals surface area (Å²) in [6.07, 6.45) is 0. The van der Waals surface area contributed by atoms with E-state index in [0.29, 0.717) is 10.6 Å². The van der Waals surface area contributed by atoms with Gasteiger partial charge in [-0.2, -0.15) is 0 Å². The number of carbonyl (C=O) groups excluding carboxylic acids is 1. The Morgan fingerprint density at radius 1 is 1.38 bits per heavy atom. The van der Waals surface area contributed by atoms with E-state index in [1.165, 1.54) is 0 Å². The highest BCUT2D eigenvalue weighted by atomic mass is 35.5. The van der Waals surface area contributed by atoms with Gasteiger partial charge in [0, 0.05) is 5.02 Å². The second-order valence-electron chi connectivity index (χ2n) is 4.66. The van der Waals surface area contributed by atoms with Crippen LogP contribution >= 0.6 is 11.6 Å². The van der Waals surface area contributed by atoms with Crippen molar-refractivity contribution in [2.45, 2.75) is 33.3 Å². The van der Waals surface area contributed by atoms with Crippen molar-refractivity contribution < 1.29 is 9.53 Å². The molecule has 0 bridgehead atoms. The van der Waals surface area contributed by atoms with Crippen LogP contribution < -0.4 is 0 Å². The molecule has 0 saturated heterocycles. The number of carbonyl (C=O) groups is 1. The van der Waals surface area contributed by atoms with Crippen LogP contribution in [0.2, 0.25) is 5.02 Å². The summed E-state index contributed by atoms with van der Waals surface area (Å²) in [6.45, 7) is 7.84. The maximum Gasteiger partial charge on any atom is 0.338 e. The third kappa shape index (κ3) is 3.24. The summed E-state index contributed by atoms with van der Waals surface area (Å²) >= 11 is 5.81. The lowest BCUT2D eigenvalue weighted by molar-refractivity contribution is -0.0222. The van der Waals surface area contributed by atoms with E-state index in [1.807, 2.05) is 27.7 Å². The van der Waals surface area contributed by atoms with Gasteiger partial charge < -0.3 is 4.74 Å². The Kier molecular flexibility index (Phi) is 3.98. The van der Waals surface area contributed by atoms with Gasteiger partial charge in [0.15, 0.2) is 0 Å². The van der Waals surface area contributed by atoms with Crippen molar-refractivity contribution in [3.63, 3.8) is 0 Å². The maximum atomic E-state index is 11.8. The van der Waals surface area contributed by atoms with Crippen LogP contribution in [-0.2, 0) is 4.74 Å². The SMILES string of the molecule is CC(C)C(C)(C)OC(=O)c1cccc(Cl)c1. The Labute approximate surface area is 102 Å². The maximum absolute atomic E-state index is 11.8. The number of hydrogen-bond acceptors (Lipinski definition) is 2. The first-order valence-corrected chi connectivity index (χ1v) is 5.69. The predicted molar refractivity (Wildman–Crippen MR) is 65.8 cm³/mol. The average Bonchev–Trinajstić information content (AvgIpc) is 2.16. The molecule has 1 aromatic carbocycles. The Bertz CT molecular complexity index is 383. The van der Waals surface area contributed by atoms with Crippen LogP contribution in [-0.4, -0.2) is 11.6 Å². The van der Waals surface area contributed by atoms with Crippen molar-refractivity contribution in [1.82, 2.24) is 0 Å². The summed E-state index contributed by atoms with van der Waals surface area (Å²) in [4.78, 5) is 11.8. The molecule has 0 aliphatic rings. The minimum atomic E-state index is -0.473. The first kappa shape index (κ1) is 13.0. The van der Waals surface area contributed by atoms with Gasteiger partial charge in [0.25, 0.3) is 0 Å². The van der Waals surface area contributed by atoms with Crippen molar-refractivity contribution in [3.05, 3.63) is 34.9 Å². The number of hydrogen-bond donors (Lipinski definition) is 0. The van der Waals surface area contributed by atoms with Gasteiger partial charge in [0.05, 0.1) is 5.56 Å². The zero-order valence-electron chi connectivity index (χ0n) is 10.1. The minimum Gasteiger partial charge on any atom is -0.456 e. The molecule has 0 N–H and O–H groups in total. The number of halogens is 1. The average molecular weight is 241 g/mol. The first-order chi connectivity index (χ1) is 7.33. The zero-order valence-corrected chi connectivity index (χ0v) is 10.8. The van der Waals surface area contributed by atoms with E-state index in [1.54, 1.807) is 24.3 Å². The fraction of sp³-hybridized carbons (Fsp3) is 0.462. The summed E-state index contributed by atoms with van der Waals surface area (Å²) in [5.74, 6) is -0.0724. The van der Waals surface area contributed by atoms with Crippen LogP contribution in [0.25, 0.3) is 0 Å². The minimum absolute atomic E-state index is 0.260. The molecule has 16 heavy (non-hydrogen) atoms. The summed E-state index contributed by atoms with van der Waals surface area (Å²) in [6, 6.07) is 6.78. The molecule has 0 saturated carbocycles. The zero-order chi connectivity index (χ0) is 12.3. The second kappa shape index (κ2) is 4.88. The standard InChI is InChI=1S/C13H17ClO2/c1-9(2)13(3,4)16-12(15)10-6-5-7-11(14)8-10/h5-9H,1-4H3. The molecular weight excluding hydrogens is 224 g/mol.